The van der Waals surface area contributed by atoms with Crippen molar-refractivity contribution in [1.29, 1.82) is 0 Å². The Morgan fingerprint density at radius 2 is 2.07 bits per heavy atom. The minimum absolute atomic E-state index is 0.00477. The van der Waals surface area contributed by atoms with Gasteiger partial charge in [0.25, 0.3) is 0 Å². The predicted molar refractivity (Wildman–Crippen MR) is 47.6 cm³/mol. The SMILES string of the molecule is CC1(C)O[C@H]2O[C@@H]3C=CCO[C@@H]3[C@H]2O1. The second-order valence-electron chi connectivity index (χ2n) is 4.30. The van der Waals surface area contributed by atoms with E-state index in [1.54, 1.807) is 0 Å². The van der Waals surface area contributed by atoms with Crippen LogP contribution in [-0.4, -0.2) is 37.0 Å². The highest BCUT2D eigenvalue weighted by Crippen LogP contribution is 2.39. The Hall–Kier alpha value is -0.420. The molecule has 0 aliphatic carbocycles. The summed E-state index contributed by atoms with van der Waals surface area (Å²) in [4.78, 5) is 0. The molecule has 0 N–H and O–H groups in total. The summed E-state index contributed by atoms with van der Waals surface area (Å²) in [5.74, 6) is -0.551. The number of rotatable bonds is 0. The highest BCUT2D eigenvalue weighted by atomic mass is 16.8. The zero-order valence-corrected chi connectivity index (χ0v) is 8.30. The van der Waals surface area contributed by atoms with Gasteiger partial charge in [-0.1, -0.05) is 12.2 Å². The van der Waals surface area contributed by atoms with Gasteiger partial charge in [-0.15, -0.1) is 0 Å². The van der Waals surface area contributed by atoms with Gasteiger partial charge in [-0.25, -0.2) is 0 Å². The maximum absolute atomic E-state index is 5.74. The van der Waals surface area contributed by atoms with Gasteiger partial charge in [0.05, 0.1) is 6.61 Å². The molecule has 0 radical (unpaired) electrons. The highest BCUT2D eigenvalue weighted by Gasteiger charge is 2.55. The Labute approximate surface area is 82.8 Å². The molecule has 0 aromatic rings. The average molecular weight is 198 g/mol. The van der Waals surface area contributed by atoms with Crippen molar-refractivity contribution in [2.75, 3.05) is 6.61 Å². The Morgan fingerprint density at radius 1 is 1.21 bits per heavy atom. The first kappa shape index (κ1) is 8.85. The van der Waals surface area contributed by atoms with E-state index in [1.807, 2.05) is 26.0 Å². The monoisotopic (exact) mass is 198 g/mol. The minimum Gasteiger partial charge on any atom is -0.368 e. The first-order valence-corrected chi connectivity index (χ1v) is 4.95. The fourth-order valence-corrected chi connectivity index (χ4v) is 2.21. The quantitative estimate of drug-likeness (QED) is 0.540. The number of hydrogen-bond acceptors (Lipinski definition) is 4. The van der Waals surface area contributed by atoms with E-state index in [-0.39, 0.29) is 24.6 Å². The first-order chi connectivity index (χ1) is 6.66. The van der Waals surface area contributed by atoms with Gasteiger partial charge in [-0.2, -0.15) is 0 Å². The Kier molecular flexibility index (Phi) is 1.77. The van der Waals surface area contributed by atoms with Crippen molar-refractivity contribution < 1.29 is 18.9 Å². The van der Waals surface area contributed by atoms with Gasteiger partial charge in [0, 0.05) is 0 Å². The third kappa shape index (κ3) is 1.22. The third-order valence-corrected chi connectivity index (χ3v) is 2.74. The summed E-state index contributed by atoms with van der Waals surface area (Å²) in [5.41, 5.74) is 0. The second kappa shape index (κ2) is 2.79. The average Bonchev–Trinajstić information content (AvgIpc) is 2.56. The lowest BCUT2D eigenvalue weighted by Gasteiger charge is -2.26. The summed E-state index contributed by atoms with van der Waals surface area (Å²) in [6.07, 6.45) is 3.61. The van der Waals surface area contributed by atoms with Crippen molar-refractivity contribution in [3.05, 3.63) is 12.2 Å². The number of fused-ring (bicyclic) bond motifs is 3. The lowest BCUT2D eigenvalue weighted by Crippen LogP contribution is -2.37. The van der Waals surface area contributed by atoms with Crippen LogP contribution in [0.15, 0.2) is 12.2 Å². The molecule has 4 nitrogen and oxygen atoms in total. The summed E-state index contributed by atoms with van der Waals surface area (Å²) in [6.45, 7) is 4.42. The molecular formula is C10H14O4. The largest absolute Gasteiger partial charge is 0.368 e. The minimum atomic E-state index is -0.551. The van der Waals surface area contributed by atoms with Crippen LogP contribution in [0.3, 0.4) is 0 Å². The van der Waals surface area contributed by atoms with E-state index >= 15 is 0 Å². The molecule has 78 valence electrons. The summed E-state index contributed by atoms with van der Waals surface area (Å²) in [5, 5.41) is 0. The predicted octanol–water partition coefficient (Wildman–Crippen LogP) is 0.818. The van der Waals surface area contributed by atoms with Gasteiger partial charge >= 0.3 is 0 Å². The van der Waals surface area contributed by atoms with Crippen LogP contribution in [0, 0.1) is 0 Å². The molecule has 3 aliphatic heterocycles. The van der Waals surface area contributed by atoms with E-state index in [4.69, 9.17) is 18.9 Å². The summed E-state index contributed by atoms with van der Waals surface area (Å²) in [6, 6.07) is 0. The van der Waals surface area contributed by atoms with Gasteiger partial charge in [-0.05, 0) is 13.8 Å². The van der Waals surface area contributed by atoms with E-state index in [1.165, 1.54) is 0 Å². The Bertz CT molecular complexity index is 273. The molecule has 4 heteroatoms. The van der Waals surface area contributed by atoms with Crippen LogP contribution in [-0.2, 0) is 18.9 Å². The van der Waals surface area contributed by atoms with Crippen LogP contribution >= 0.6 is 0 Å². The summed E-state index contributed by atoms with van der Waals surface area (Å²) in [7, 11) is 0. The maximum Gasteiger partial charge on any atom is 0.190 e. The normalized spacial score (nSPS) is 49.0. The first-order valence-electron chi connectivity index (χ1n) is 4.95. The Morgan fingerprint density at radius 3 is 2.93 bits per heavy atom. The smallest absolute Gasteiger partial charge is 0.190 e. The highest BCUT2D eigenvalue weighted by molar-refractivity contribution is 5.06. The van der Waals surface area contributed by atoms with Crippen LogP contribution in [0.4, 0.5) is 0 Å². The molecule has 0 aromatic heterocycles. The maximum atomic E-state index is 5.74. The van der Waals surface area contributed by atoms with Gasteiger partial charge in [0.2, 0.25) is 0 Å². The van der Waals surface area contributed by atoms with Gasteiger partial charge in [-0.3, -0.25) is 0 Å². The molecule has 14 heavy (non-hydrogen) atoms. The molecule has 3 rings (SSSR count). The number of hydrogen-bond donors (Lipinski definition) is 0. The molecular weight excluding hydrogens is 184 g/mol. The van der Waals surface area contributed by atoms with Crippen molar-refractivity contribution >= 4 is 0 Å². The molecule has 3 heterocycles. The fraction of sp³-hybridized carbons (Fsp3) is 0.800. The van der Waals surface area contributed by atoms with Crippen LogP contribution in [0.5, 0.6) is 0 Å². The van der Waals surface area contributed by atoms with Crippen LogP contribution in [0.2, 0.25) is 0 Å². The van der Waals surface area contributed by atoms with Crippen LogP contribution in [0.1, 0.15) is 13.8 Å². The molecule has 2 fully saturated rings. The molecule has 2 saturated heterocycles. The van der Waals surface area contributed by atoms with E-state index < -0.39 is 5.79 Å². The Balaban J connectivity index is 1.82. The lowest BCUT2D eigenvalue weighted by molar-refractivity contribution is -0.213. The van der Waals surface area contributed by atoms with E-state index in [0.717, 1.165) is 0 Å². The topological polar surface area (TPSA) is 36.9 Å². The second-order valence-corrected chi connectivity index (χ2v) is 4.30. The molecule has 0 unspecified atom stereocenters. The van der Waals surface area contributed by atoms with Gasteiger partial charge < -0.3 is 18.9 Å². The molecule has 3 aliphatic rings. The lowest BCUT2D eigenvalue weighted by atomic mass is 10.1. The fourth-order valence-electron chi connectivity index (χ4n) is 2.21. The summed E-state index contributed by atoms with van der Waals surface area (Å²) < 4.78 is 22.6. The molecule has 0 amide bonds. The van der Waals surface area contributed by atoms with E-state index in [0.29, 0.717) is 6.61 Å². The van der Waals surface area contributed by atoms with Crippen molar-refractivity contribution in [2.45, 2.75) is 44.2 Å². The van der Waals surface area contributed by atoms with Crippen molar-refractivity contribution in [1.82, 2.24) is 0 Å². The molecule has 0 aromatic carbocycles. The molecule has 0 saturated carbocycles. The standard InChI is InChI=1S/C10H14O4/c1-10(2)13-8-7-6(4-3-5-11-7)12-9(8)14-10/h3-4,6-9H,5H2,1-2H3/t6-,7+,8-,9-/m1/s1. The number of ether oxygens (including phenoxy) is 4. The summed E-state index contributed by atoms with van der Waals surface area (Å²) >= 11 is 0. The van der Waals surface area contributed by atoms with Crippen molar-refractivity contribution in [3.8, 4) is 0 Å². The van der Waals surface area contributed by atoms with E-state index in [9.17, 15) is 0 Å². The van der Waals surface area contributed by atoms with E-state index in [2.05, 4.69) is 0 Å². The van der Waals surface area contributed by atoms with Gasteiger partial charge in [0.15, 0.2) is 12.1 Å². The molecule has 0 bridgehead atoms. The molecule has 0 spiro atoms. The zero-order valence-electron chi connectivity index (χ0n) is 8.30. The van der Waals surface area contributed by atoms with Crippen LogP contribution < -0.4 is 0 Å². The van der Waals surface area contributed by atoms with Gasteiger partial charge in [0.1, 0.15) is 18.3 Å². The molecule has 4 atom stereocenters. The van der Waals surface area contributed by atoms with Crippen LogP contribution in [0.25, 0.3) is 0 Å². The third-order valence-electron chi connectivity index (χ3n) is 2.74. The van der Waals surface area contributed by atoms with Crippen molar-refractivity contribution in [3.63, 3.8) is 0 Å². The zero-order chi connectivity index (χ0) is 9.76. The van der Waals surface area contributed by atoms with Crippen molar-refractivity contribution in [2.24, 2.45) is 0 Å².